The van der Waals surface area contributed by atoms with Crippen molar-refractivity contribution in [3.05, 3.63) is 54.1 Å². The number of anilines is 2. The van der Waals surface area contributed by atoms with E-state index in [1.807, 2.05) is 25.1 Å². The Bertz CT molecular complexity index is 611. The monoisotopic (exact) mass is 270 g/mol. The quantitative estimate of drug-likeness (QED) is 0.839. The molecule has 0 radical (unpaired) electrons. The Hall–Kier alpha value is -2.49. The number of para-hydroxylation sites is 2. The van der Waals surface area contributed by atoms with E-state index in [1.165, 1.54) is 12.1 Å². The van der Waals surface area contributed by atoms with Gasteiger partial charge in [0.05, 0.1) is 11.4 Å². The summed E-state index contributed by atoms with van der Waals surface area (Å²) in [5.41, 5.74) is 7.66. The molecule has 4 heteroatoms. The molecular formula is C16H18N2O2. The molecule has 20 heavy (non-hydrogen) atoms. The Kier molecular flexibility index (Phi) is 4.25. The van der Waals surface area contributed by atoms with Crippen LogP contribution in [0.1, 0.15) is 23.7 Å². The smallest absolute Gasteiger partial charge is 0.258 e. The predicted molar refractivity (Wildman–Crippen MR) is 80.9 cm³/mol. The number of nitrogens with two attached hydrogens (primary N) is 1. The Labute approximate surface area is 118 Å². The van der Waals surface area contributed by atoms with Crippen LogP contribution < -0.4 is 10.6 Å². The molecule has 0 aliphatic carbocycles. The van der Waals surface area contributed by atoms with Crippen molar-refractivity contribution < 1.29 is 9.90 Å². The Morgan fingerprint density at radius 3 is 2.60 bits per heavy atom. The van der Waals surface area contributed by atoms with Gasteiger partial charge in [-0.05, 0) is 36.8 Å². The van der Waals surface area contributed by atoms with Crippen LogP contribution in [0.3, 0.4) is 0 Å². The van der Waals surface area contributed by atoms with Crippen LogP contribution in [-0.4, -0.2) is 17.6 Å². The summed E-state index contributed by atoms with van der Waals surface area (Å²) in [7, 11) is 0. The van der Waals surface area contributed by atoms with E-state index in [0.717, 1.165) is 6.42 Å². The topological polar surface area (TPSA) is 66.6 Å². The second-order valence-corrected chi connectivity index (χ2v) is 4.57. The van der Waals surface area contributed by atoms with Crippen LogP contribution in [0.5, 0.6) is 5.75 Å². The summed E-state index contributed by atoms with van der Waals surface area (Å²) >= 11 is 0. The van der Waals surface area contributed by atoms with Crippen molar-refractivity contribution in [2.45, 2.75) is 13.3 Å². The molecule has 0 saturated heterocycles. The number of rotatable bonds is 4. The van der Waals surface area contributed by atoms with Crippen molar-refractivity contribution in [3.63, 3.8) is 0 Å². The molecule has 0 bridgehead atoms. The average Bonchev–Trinajstić information content (AvgIpc) is 2.45. The van der Waals surface area contributed by atoms with Crippen LogP contribution in [0.25, 0.3) is 0 Å². The van der Waals surface area contributed by atoms with Gasteiger partial charge in [-0.1, -0.05) is 25.1 Å². The molecule has 104 valence electrons. The fraction of sp³-hybridized carbons (Fsp3) is 0.188. The van der Waals surface area contributed by atoms with Crippen LogP contribution in [0.2, 0.25) is 0 Å². The van der Waals surface area contributed by atoms with E-state index in [0.29, 0.717) is 23.5 Å². The first-order valence-corrected chi connectivity index (χ1v) is 6.59. The fourth-order valence-corrected chi connectivity index (χ4v) is 2.08. The highest BCUT2D eigenvalue weighted by Gasteiger charge is 2.18. The fourth-order valence-electron chi connectivity index (χ4n) is 2.08. The van der Waals surface area contributed by atoms with Gasteiger partial charge in [0.15, 0.2) is 0 Å². The van der Waals surface area contributed by atoms with Gasteiger partial charge in [0, 0.05) is 12.1 Å². The molecule has 0 fully saturated rings. The van der Waals surface area contributed by atoms with Crippen LogP contribution in [0.15, 0.2) is 48.5 Å². The predicted octanol–water partition coefficient (Wildman–Crippen LogP) is 3.03. The lowest BCUT2D eigenvalue weighted by atomic mass is 10.1. The number of amides is 1. The second kappa shape index (κ2) is 6.10. The third kappa shape index (κ3) is 2.91. The van der Waals surface area contributed by atoms with Crippen molar-refractivity contribution in [3.8, 4) is 5.75 Å². The van der Waals surface area contributed by atoms with E-state index in [2.05, 4.69) is 0 Å². The lowest BCUT2D eigenvalue weighted by Crippen LogP contribution is -2.32. The Morgan fingerprint density at radius 1 is 1.20 bits per heavy atom. The number of phenolic OH excluding ortho intramolecular Hbond substituents is 1. The summed E-state index contributed by atoms with van der Waals surface area (Å²) in [5.74, 6) is -0.0889. The highest BCUT2D eigenvalue weighted by molar-refractivity contribution is 6.07. The summed E-state index contributed by atoms with van der Waals surface area (Å²) in [6, 6.07) is 13.6. The standard InChI is InChI=1S/C16H18N2O2/c1-2-10-18(15-9-4-3-8-14(15)17)16(20)12-6-5-7-13(19)11-12/h3-9,11,19H,2,10,17H2,1H3. The minimum Gasteiger partial charge on any atom is -0.508 e. The number of nitrogens with zero attached hydrogens (tertiary/aromatic N) is 1. The number of hydrogen-bond acceptors (Lipinski definition) is 3. The Balaban J connectivity index is 2.39. The summed E-state index contributed by atoms with van der Waals surface area (Å²) < 4.78 is 0. The average molecular weight is 270 g/mol. The molecule has 2 aromatic rings. The van der Waals surface area contributed by atoms with E-state index in [4.69, 9.17) is 5.73 Å². The van der Waals surface area contributed by atoms with Gasteiger partial charge in [-0.3, -0.25) is 4.79 Å². The largest absolute Gasteiger partial charge is 0.508 e. The summed E-state index contributed by atoms with van der Waals surface area (Å²) in [6.07, 6.45) is 0.818. The molecule has 4 nitrogen and oxygen atoms in total. The van der Waals surface area contributed by atoms with Crippen LogP contribution in [-0.2, 0) is 0 Å². The van der Waals surface area contributed by atoms with Crippen molar-refractivity contribution in [2.75, 3.05) is 17.2 Å². The molecule has 2 rings (SSSR count). The number of carbonyl (C=O) groups is 1. The summed E-state index contributed by atoms with van der Waals surface area (Å²) in [4.78, 5) is 14.2. The maximum absolute atomic E-state index is 12.6. The lowest BCUT2D eigenvalue weighted by Gasteiger charge is -2.23. The molecule has 0 saturated carbocycles. The molecule has 0 spiro atoms. The normalized spacial score (nSPS) is 10.2. The lowest BCUT2D eigenvalue weighted by molar-refractivity contribution is 0.0986. The van der Waals surface area contributed by atoms with Crippen molar-refractivity contribution in [2.24, 2.45) is 0 Å². The zero-order chi connectivity index (χ0) is 14.5. The van der Waals surface area contributed by atoms with E-state index >= 15 is 0 Å². The number of nitrogen functional groups attached to an aromatic ring is 1. The molecule has 3 N–H and O–H groups in total. The van der Waals surface area contributed by atoms with Gasteiger partial charge < -0.3 is 15.7 Å². The number of carbonyl (C=O) groups excluding carboxylic acids is 1. The second-order valence-electron chi connectivity index (χ2n) is 4.57. The van der Waals surface area contributed by atoms with Gasteiger partial charge in [-0.2, -0.15) is 0 Å². The highest BCUT2D eigenvalue weighted by Crippen LogP contribution is 2.25. The molecule has 0 aliphatic heterocycles. The van der Waals surface area contributed by atoms with Gasteiger partial charge >= 0.3 is 0 Å². The highest BCUT2D eigenvalue weighted by atomic mass is 16.3. The molecule has 0 aromatic heterocycles. The van der Waals surface area contributed by atoms with Gasteiger partial charge in [0.2, 0.25) is 0 Å². The summed E-state index contributed by atoms with van der Waals surface area (Å²) in [5, 5.41) is 9.50. The maximum atomic E-state index is 12.6. The minimum atomic E-state index is -0.166. The van der Waals surface area contributed by atoms with Crippen molar-refractivity contribution in [1.82, 2.24) is 0 Å². The van der Waals surface area contributed by atoms with Crippen molar-refractivity contribution in [1.29, 1.82) is 0 Å². The zero-order valence-electron chi connectivity index (χ0n) is 11.4. The van der Waals surface area contributed by atoms with E-state index < -0.39 is 0 Å². The molecule has 0 heterocycles. The van der Waals surface area contributed by atoms with E-state index in [1.54, 1.807) is 23.1 Å². The first kappa shape index (κ1) is 13.9. The molecule has 1 amide bonds. The van der Waals surface area contributed by atoms with Gasteiger partial charge in [-0.15, -0.1) is 0 Å². The molecular weight excluding hydrogens is 252 g/mol. The van der Waals surface area contributed by atoms with Crippen LogP contribution >= 0.6 is 0 Å². The molecule has 0 aliphatic rings. The third-order valence-electron chi connectivity index (χ3n) is 3.01. The third-order valence-corrected chi connectivity index (χ3v) is 3.01. The van der Waals surface area contributed by atoms with Gasteiger partial charge in [0.1, 0.15) is 5.75 Å². The van der Waals surface area contributed by atoms with Crippen molar-refractivity contribution >= 4 is 17.3 Å². The number of aromatic hydroxyl groups is 1. The SMILES string of the molecule is CCCN(C(=O)c1cccc(O)c1)c1ccccc1N. The number of hydrogen-bond donors (Lipinski definition) is 2. The van der Waals surface area contributed by atoms with Gasteiger partial charge in [0.25, 0.3) is 5.91 Å². The summed E-state index contributed by atoms with van der Waals surface area (Å²) in [6.45, 7) is 2.57. The van der Waals surface area contributed by atoms with Crippen LogP contribution in [0, 0.1) is 0 Å². The first-order chi connectivity index (χ1) is 9.63. The molecule has 0 unspecified atom stereocenters. The van der Waals surface area contributed by atoms with Gasteiger partial charge in [-0.25, -0.2) is 0 Å². The zero-order valence-corrected chi connectivity index (χ0v) is 11.4. The number of benzene rings is 2. The van der Waals surface area contributed by atoms with Crippen LogP contribution in [0.4, 0.5) is 11.4 Å². The first-order valence-electron chi connectivity index (χ1n) is 6.59. The number of phenols is 1. The van der Waals surface area contributed by atoms with E-state index in [-0.39, 0.29) is 11.7 Å². The maximum Gasteiger partial charge on any atom is 0.258 e. The molecule has 0 atom stereocenters. The molecule has 2 aromatic carbocycles. The minimum absolute atomic E-state index is 0.0772. The van der Waals surface area contributed by atoms with E-state index in [9.17, 15) is 9.90 Å². The Morgan fingerprint density at radius 2 is 1.95 bits per heavy atom.